The van der Waals surface area contributed by atoms with E-state index >= 15 is 0 Å². The zero-order valence-electron chi connectivity index (χ0n) is 10.3. The molecule has 4 heteroatoms. The molecule has 1 aliphatic heterocycles. The van der Waals surface area contributed by atoms with Crippen LogP contribution in [0.3, 0.4) is 0 Å². The van der Waals surface area contributed by atoms with Gasteiger partial charge in [-0.25, -0.2) is 0 Å². The van der Waals surface area contributed by atoms with Crippen LogP contribution in [-0.2, 0) is 6.42 Å². The molecule has 0 aliphatic carbocycles. The molecule has 1 atom stereocenters. The molecule has 0 saturated heterocycles. The molecule has 0 aromatic heterocycles. The molecule has 0 saturated carbocycles. The van der Waals surface area contributed by atoms with Gasteiger partial charge in [0.1, 0.15) is 0 Å². The van der Waals surface area contributed by atoms with Crippen LogP contribution >= 0.6 is 12.2 Å². The van der Waals surface area contributed by atoms with Crippen molar-refractivity contribution < 1.29 is 0 Å². The Balaban J connectivity index is 1.85. The minimum absolute atomic E-state index is 0.0442. The van der Waals surface area contributed by atoms with E-state index in [1.807, 2.05) is 53.4 Å². The summed E-state index contributed by atoms with van der Waals surface area (Å²) in [4.78, 5) is 2.00. The molecule has 94 valence electrons. The number of thiocarbonyl (C=S) groups is 1. The zero-order chi connectivity index (χ0) is 13.1. The first kappa shape index (κ1) is 12.0. The zero-order valence-corrected chi connectivity index (χ0v) is 11.1. The van der Waals surface area contributed by atoms with Crippen molar-refractivity contribution in [1.82, 2.24) is 0 Å². The molecule has 3 nitrogen and oxygen atoms in total. The Kier molecular flexibility index (Phi) is 3.33. The van der Waals surface area contributed by atoms with Crippen LogP contribution in [0.15, 0.2) is 70.9 Å². The molecule has 0 bridgehead atoms. The van der Waals surface area contributed by atoms with Gasteiger partial charge in [0, 0.05) is 12.1 Å². The number of hydrogen-bond acceptors (Lipinski definition) is 2. The van der Waals surface area contributed by atoms with Crippen molar-refractivity contribution in [2.45, 2.75) is 12.6 Å². The van der Waals surface area contributed by atoms with Gasteiger partial charge in [-0.3, -0.25) is 4.90 Å². The number of benzene rings is 2. The second-order valence-electron chi connectivity index (χ2n) is 4.37. The molecule has 0 fully saturated rings. The van der Waals surface area contributed by atoms with E-state index in [1.165, 1.54) is 5.56 Å². The summed E-state index contributed by atoms with van der Waals surface area (Å²) >= 11 is 5.28. The number of anilines is 1. The van der Waals surface area contributed by atoms with Crippen molar-refractivity contribution >= 4 is 23.0 Å². The molecule has 19 heavy (non-hydrogen) atoms. The summed E-state index contributed by atoms with van der Waals surface area (Å²) in [5.41, 5.74) is 2.27. The van der Waals surface area contributed by atoms with Crippen LogP contribution in [0.25, 0.3) is 0 Å². The standard InChI is InChI=1S/C15H13N3S/c19-15-17-16-14(11-12-7-3-1-4-8-12)18(15)13-9-5-2-6-10-13/h1-10,14H,11H2. The predicted molar refractivity (Wildman–Crippen MR) is 80.3 cm³/mol. The van der Waals surface area contributed by atoms with Gasteiger partial charge < -0.3 is 0 Å². The summed E-state index contributed by atoms with van der Waals surface area (Å²) in [5.74, 6) is 0. The largest absolute Gasteiger partial charge is 0.291 e. The maximum absolute atomic E-state index is 5.28. The van der Waals surface area contributed by atoms with E-state index in [0.29, 0.717) is 5.11 Å². The Morgan fingerprint density at radius 2 is 1.58 bits per heavy atom. The molecule has 0 amide bonds. The summed E-state index contributed by atoms with van der Waals surface area (Å²) in [7, 11) is 0. The lowest BCUT2D eigenvalue weighted by atomic mass is 10.1. The van der Waals surface area contributed by atoms with Gasteiger partial charge in [0.15, 0.2) is 6.17 Å². The molecule has 3 rings (SSSR count). The van der Waals surface area contributed by atoms with Crippen molar-refractivity contribution in [3.63, 3.8) is 0 Å². The second-order valence-corrected chi connectivity index (χ2v) is 4.74. The van der Waals surface area contributed by atoms with Crippen molar-refractivity contribution in [3.05, 3.63) is 66.2 Å². The topological polar surface area (TPSA) is 28.0 Å². The average Bonchev–Trinajstić information content (AvgIpc) is 2.82. The van der Waals surface area contributed by atoms with Crippen LogP contribution in [-0.4, -0.2) is 11.3 Å². The summed E-state index contributed by atoms with van der Waals surface area (Å²) in [6.45, 7) is 0. The fourth-order valence-electron chi connectivity index (χ4n) is 2.17. The number of azo groups is 1. The summed E-state index contributed by atoms with van der Waals surface area (Å²) in [6, 6.07) is 20.3. The van der Waals surface area contributed by atoms with E-state index in [-0.39, 0.29) is 6.17 Å². The summed E-state index contributed by atoms with van der Waals surface area (Å²) in [5, 5.41) is 8.87. The molecule has 1 aliphatic rings. The van der Waals surface area contributed by atoms with Gasteiger partial charge in [-0.05, 0) is 29.9 Å². The molecule has 1 heterocycles. The highest BCUT2D eigenvalue weighted by Crippen LogP contribution is 2.25. The third-order valence-electron chi connectivity index (χ3n) is 3.08. The molecular formula is C15H13N3S. The smallest absolute Gasteiger partial charge is 0.222 e. The van der Waals surface area contributed by atoms with Crippen LogP contribution < -0.4 is 4.90 Å². The van der Waals surface area contributed by atoms with Crippen LogP contribution in [0.4, 0.5) is 5.69 Å². The van der Waals surface area contributed by atoms with Crippen LogP contribution in [0.2, 0.25) is 0 Å². The Bertz CT molecular complexity index is 595. The average molecular weight is 267 g/mol. The lowest BCUT2D eigenvalue weighted by molar-refractivity contribution is 0.700. The van der Waals surface area contributed by atoms with Crippen LogP contribution in [0.1, 0.15) is 5.56 Å². The quantitative estimate of drug-likeness (QED) is 0.791. The molecule has 0 N–H and O–H groups in total. The first-order valence-electron chi connectivity index (χ1n) is 6.17. The van der Waals surface area contributed by atoms with Gasteiger partial charge in [-0.15, -0.1) is 5.11 Å². The SMILES string of the molecule is S=C1N=NC(Cc2ccccc2)N1c1ccccc1. The van der Waals surface area contributed by atoms with Gasteiger partial charge in [0.05, 0.1) is 0 Å². The van der Waals surface area contributed by atoms with Crippen LogP contribution in [0, 0.1) is 0 Å². The third kappa shape index (κ3) is 2.53. The fourth-order valence-corrected chi connectivity index (χ4v) is 2.45. The van der Waals surface area contributed by atoms with Gasteiger partial charge in [0.2, 0.25) is 5.11 Å². The Hall–Kier alpha value is -2.07. The predicted octanol–water partition coefficient (Wildman–Crippen LogP) is 3.81. The first-order chi connectivity index (χ1) is 9.34. The Morgan fingerprint density at radius 3 is 2.26 bits per heavy atom. The maximum Gasteiger partial charge on any atom is 0.222 e. The second kappa shape index (κ2) is 5.28. The number of rotatable bonds is 3. The lowest BCUT2D eigenvalue weighted by Gasteiger charge is -2.23. The van der Waals surface area contributed by atoms with Gasteiger partial charge in [0.25, 0.3) is 0 Å². The minimum Gasteiger partial charge on any atom is -0.291 e. The van der Waals surface area contributed by atoms with Crippen molar-refractivity contribution in [1.29, 1.82) is 0 Å². The molecular weight excluding hydrogens is 254 g/mol. The normalized spacial score (nSPS) is 18.0. The number of nitrogens with zero attached hydrogens (tertiary/aromatic N) is 3. The van der Waals surface area contributed by atoms with E-state index < -0.39 is 0 Å². The van der Waals surface area contributed by atoms with E-state index in [2.05, 4.69) is 22.4 Å². The minimum atomic E-state index is -0.0442. The first-order valence-corrected chi connectivity index (χ1v) is 6.58. The lowest BCUT2D eigenvalue weighted by Crippen LogP contribution is -2.34. The fraction of sp³-hybridized carbons (Fsp3) is 0.133. The highest BCUT2D eigenvalue weighted by Gasteiger charge is 2.27. The van der Waals surface area contributed by atoms with Crippen molar-refractivity contribution in [2.24, 2.45) is 10.2 Å². The monoisotopic (exact) mass is 267 g/mol. The van der Waals surface area contributed by atoms with E-state index in [4.69, 9.17) is 12.2 Å². The maximum atomic E-state index is 5.28. The molecule has 0 spiro atoms. The van der Waals surface area contributed by atoms with E-state index in [0.717, 1.165) is 12.1 Å². The summed E-state index contributed by atoms with van der Waals surface area (Å²) < 4.78 is 0. The Morgan fingerprint density at radius 1 is 0.947 bits per heavy atom. The summed E-state index contributed by atoms with van der Waals surface area (Å²) in [6.07, 6.45) is 0.761. The number of para-hydroxylation sites is 1. The highest BCUT2D eigenvalue weighted by atomic mass is 32.1. The molecule has 2 aromatic carbocycles. The van der Waals surface area contributed by atoms with Gasteiger partial charge in [-0.1, -0.05) is 48.5 Å². The van der Waals surface area contributed by atoms with Gasteiger partial charge in [-0.2, -0.15) is 5.11 Å². The van der Waals surface area contributed by atoms with E-state index in [9.17, 15) is 0 Å². The molecule has 0 radical (unpaired) electrons. The van der Waals surface area contributed by atoms with E-state index in [1.54, 1.807) is 0 Å². The van der Waals surface area contributed by atoms with Crippen molar-refractivity contribution in [2.75, 3.05) is 4.90 Å². The number of hydrogen-bond donors (Lipinski definition) is 0. The molecule has 1 unspecified atom stereocenters. The van der Waals surface area contributed by atoms with Crippen molar-refractivity contribution in [3.8, 4) is 0 Å². The third-order valence-corrected chi connectivity index (χ3v) is 3.35. The Labute approximate surface area is 117 Å². The highest BCUT2D eigenvalue weighted by molar-refractivity contribution is 7.80. The van der Waals surface area contributed by atoms with Crippen LogP contribution in [0.5, 0.6) is 0 Å². The molecule has 2 aromatic rings. The van der Waals surface area contributed by atoms with Gasteiger partial charge >= 0.3 is 0 Å².